The van der Waals surface area contributed by atoms with Crippen molar-refractivity contribution < 1.29 is 9.53 Å². The minimum absolute atomic E-state index is 0.00484. The molecule has 0 bridgehead atoms. The number of nitrogens with one attached hydrogen (secondary N) is 1. The minimum Gasteiger partial charge on any atom is -0.496 e. The van der Waals surface area contributed by atoms with Crippen molar-refractivity contribution in [3.63, 3.8) is 0 Å². The lowest BCUT2D eigenvalue weighted by Gasteiger charge is -2.29. The summed E-state index contributed by atoms with van der Waals surface area (Å²) in [6.07, 6.45) is 4.49. The van der Waals surface area contributed by atoms with Crippen LogP contribution >= 0.6 is 0 Å². The smallest absolute Gasteiger partial charge is 0.259 e. The van der Waals surface area contributed by atoms with Crippen LogP contribution in [0, 0.1) is 0 Å². The first-order chi connectivity index (χ1) is 14.3. The number of benzene rings is 2. The van der Waals surface area contributed by atoms with Gasteiger partial charge >= 0.3 is 0 Å². The molecular weight excluding hydrogens is 362 g/mol. The zero-order valence-electron chi connectivity index (χ0n) is 16.6. The topological polar surface area (TPSA) is 54.5 Å². The van der Waals surface area contributed by atoms with Crippen molar-refractivity contribution in [2.24, 2.45) is 0 Å². The van der Waals surface area contributed by atoms with Crippen LogP contribution in [0.3, 0.4) is 0 Å². The summed E-state index contributed by atoms with van der Waals surface area (Å²) in [6, 6.07) is 19.8. The number of anilines is 2. The number of rotatable bonds is 6. The Labute approximate surface area is 171 Å². The second kappa shape index (κ2) is 8.78. The third kappa shape index (κ3) is 4.24. The molecule has 2 aromatic carbocycles. The highest BCUT2D eigenvalue weighted by atomic mass is 16.5. The number of methoxy groups -OCH3 is 1. The monoisotopic (exact) mass is 387 g/mol. The van der Waals surface area contributed by atoms with Crippen LogP contribution in [0.5, 0.6) is 5.75 Å². The summed E-state index contributed by atoms with van der Waals surface area (Å²) in [7, 11) is 1.68. The fourth-order valence-electron chi connectivity index (χ4n) is 3.76. The van der Waals surface area contributed by atoms with E-state index in [1.165, 1.54) is 5.56 Å². The first kappa shape index (κ1) is 19.0. The van der Waals surface area contributed by atoms with E-state index in [0.717, 1.165) is 55.2 Å². The summed E-state index contributed by atoms with van der Waals surface area (Å²) in [6.45, 7) is 1.48. The van der Waals surface area contributed by atoms with Gasteiger partial charge in [0.15, 0.2) is 0 Å². The van der Waals surface area contributed by atoms with E-state index in [2.05, 4.69) is 22.4 Å². The standard InChI is InChI=1S/C24H25N3O2/c1-29-22-11-5-3-8-19(22)14-15-25-23-13-12-20(17-26-23)24(28)27-16-6-9-18-7-2-4-10-21(18)27/h2-5,7-8,10-13,17H,6,9,14-16H2,1H3,(H,25,26). The number of para-hydroxylation sites is 2. The summed E-state index contributed by atoms with van der Waals surface area (Å²) in [5, 5.41) is 3.31. The molecule has 0 saturated carbocycles. The zero-order valence-corrected chi connectivity index (χ0v) is 16.6. The predicted molar refractivity (Wildman–Crippen MR) is 116 cm³/mol. The van der Waals surface area contributed by atoms with Gasteiger partial charge < -0.3 is 15.0 Å². The summed E-state index contributed by atoms with van der Waals surface area (Å²) >= 11 is 0. The molecule has 1 amide bonds. The van der Waals surface area contributed by atoms with E-state index in [1.54, 1.807) is 13.3 Å². The summed E-state index contributed by atoms with van der Waals surface area (Å²) < 4.78 is 5.39. The molecular formula is C24H25N3O2. The summed E-state index contributed by atoms with van der Waals surface area (Å²) in [5.41, 5.74) is 4.01. The van der Waals surface area contributed by atoms with E-state index in [4.69, 9.17) is 4.74 Å². The number of aryl methyl sites for hydroxylation is 1. The molecule has 1 aromatic heterocycles. The van der Waals surface area contributed by atoms with Crippen molar-refractivity contribution in [3.05, 3.63) is 83.6 Å². The largest absolute Gasteiger partial charge is 0.496 e. The molecule has 0 spiro atoms. The van der Waals surface area contributed by atoms with Crippen LogP contribution in [0.15, 0.2) is 66.9 Å². The number of pyridine rings is 1. The number of ether oxygens (including phenoxy) is 1. The lowest BCUT2D eigenvalue weighted by molar-refractivity contribution is 0.0985. The molecule has 1 aliphatic heterocycles. The van der Waals surface area contributed by atoms with Gasteiger partial charge in [0, 0.05) is 25.0 Å². The van der Waals surface area contributed by atoms with E-state index >= 15 is 0 Å². The molecule has 148 valence electrons. The molecule has 2 heterocycles. The van der Waals surface area contributed by atoms with E-state index in [-0.39, 0.29) is 5.91 Å². The van der Waals surface area contributed by atoms with Crippen LogP contribution in [0.4, 0.5) is 11.5 Å². The molecule has 0 unspecified atom stereocenters. The molecule has 1 aliphatic rings. The molecule has 1 N–H and O–H groups in total. The highest BCUT2D eigenvalue weighted by molar-refractivity contribution is 6.06. The molecule has 5 heteroatoms. The maximum Gasteiger partial charge on any atom is 0.259 e. The highest BCUT2D eigenvalue weighted by Crippen LogP contribution is 2.28. The van der Waals surface area contributed by atoms with Gasteiger partial charge in [-0.15, -0.1) is 0 Å². The summed E-state index contributed by atoms with van der Waals surface area (Å²) in [5.74, 6) is 1.66. The van der Waals surface area contributed by atoms with Crippen molar-refractivity contribution in [1.29, 1.82) is 0 Å². The summed E-state index contributed by atoms with van der Waals surface area (Å²) in [4.78, 5) is 19.3. The van der Waals surface area contributed by atoms with Gasteiger partial charge in [-0.1, -0.05) is 36.4 Å². The van der Waals surface area contributed by atoms with Gasteiger partial charge in [0.1, 0.15) is 11.6 Å². The van der Waals surface area contributed by atoms with Crippen molar-refractivity contribution in [2.75, 3.05) is 30.4 Å². The highest BCUT2D eigenvalue weighted by Gasteiger charge is 2.23. The average Bonchev–Trinajstić information content (AvgIpc) is 2.79. The van der Waals surface area contributed by atoms with Gasteiger partial charge in [-0.25, -0.2) is 4.98 Å². The first-order valence-electron chi connectivity index (χ1n) is 9.98. The van der Waals surface area contributed by atoms with Crippen molar-refractivity contribution in [2.45, 2.75) is 19.3 Å². The van der Waals surface area contributed by atoms with Crippen LogP contribution in [-0.4, -0.2) is 31.1 Å². The SMILES string of the molecule is COc1ccccc1CCNc1ccc(C(=O)N2CCCc3ccccc32)cn1. The van der Waals surface area contributed by atoms with Crippen LogP contribution in [0.25, 0.3) is 0 Å². The maximum atomic E-state index is 13.0. The molecule has 0 atom stereocenters. The van der Waals surface area contributed by atoms with Crippen LogP contribution in [0.1, 0.15) is 27.9 Å². The van der Waals surface area contributed by atoms with Crippen LogP contribution in [-0.2, 0) is 12.8 Å². The number of fused-ring (bicyclic) bond motifs is 1. The van der Waals surface area contributed by atoms with E-state index in [9.17, 15) is 4.79 Å². The van der Waals surface area contributed by atoms with Gasteiger partial charge in [-0.2, -0.15) is 0 Å². The Morgan fingerprint density at radius 2 is 1.93 bits per heavy atom. The van der Waals surface area contributed by atoms with Gasteiger partial charge in [0.25, 0.3) is 5.91 Å². The molecule has 4 rings (SSSR count). The van der Waals surface area contributed by atoms with Gasteiger partial charge in [0.2, 0.25) is 0 Å². The quantitative estimate of drug-likeness (QED) is 0.684. The number of amides is 1. The Hall–Kier alpha value is -3.34. The van der Waals surface area contributed by atoms with Gasteiger partial charge in [-0.05, 0) is 54.7 Å². The van der Waals surface area contributed by atoms with E-state index < -0.39 is 0 Å². The molecule has 0 fully saturated rings. The normalized spacial score (nSPS) is 12.9. The van der Waals surface area contributed by atoms with E-state index in [0.29, 0.717) is 5.56 Å². The third-order valence-electron chi connectivity index (χ3n) is 5.26. The van der Waals surface area contributed by atoms with Crippen molar-refractivity contribution >= 4 is 17.4 Å². The fraction of sp³-hybridized carbons (Fsp3) is 0.250. The average molecular weight is 387 g/mol. The molecule has 29 heavy (non-hydrogen) atoms. The zero-order chi connectivity index (χ0) is 20.1. The van der Waals surface area contributed by atoms with Crippen LogP contribution < -0.4 is 15.0 Å². The maximum absolute atomic E-state index is 13.0. The number of carbonyl (C=O) groups excluding carboxylic acids is 1. The number of hydrogen-bond donors (Lipinski definition) is 1. The first-order valence-corrected chi connectivity index (χ1v) is 9.98. The van der Waals surface area contributed by atoms with Crippen LogP contribution in [0.2, 0.25) is 0 Å². The number of aromatic nitrogens is 1. The fourth-order valence-corrected chi connectivity index (χ4v) is 3.76. The molecule has 5 nitrogen and oxygen atoms in total. The minimum atomic E-state index is 0.00484. The Bertz CT molecular complexity index is 985. The lowest BCUT2D eigenvalue weighted by Crippen LogP contribution is -2.35. The second-order valence-corrected chi connectivity index (χ2v) is 7.11. The Morgan fingerprint density at radius 3 is 2.76 bits per heavy atom. The Kier molecular flexibility index (Phi) is 5.75. The third-order valence-corrected chi connectivity index (χ3v) is 5.26. The molecule has 0 aliphatic carbocycles. The Balaban J connectivity index is 1.39. The van der Waals surface area contributed by atoms with Gasteiger partial charge in [0.05, 0.1) is 12.7 Å². The van der Waals surface area contributed by atoms with Crippen molar-refractivity contribution in [1.82, 2.24) is 4.98 Å². The molecule has 3 aromatic rings. The number of hydrogen-bond acceptors (Lipinski definition) is 4. The number of nitrogens with zero attached hydrogens (tertiary/aromatic N) is 2. The molecule has 0 saturated heterocycles. The van der Waals surface area contributed by atoms with E-state index in [1.807, 2.05) is 53.4 Å². The molecule has 0 radical (unpaired) electrons. The number of carbonyl (C=O) groups is 1. The lowest BCUT2D eigenvalue weighted by atomic mass is 10.0. The second-order valence-electron chi connectivity index (χ2n) is 7.11. The van der Waals surface area contributed by atoms with Crippen molar-refractivity contribution in [3.8, 4) is 5.75 Å². The van der Waals surface area contributed by atoms with Gasteiger partial charge in [-0.3, -0.25) is 4.79 Å². The predicted octanol–water partition coefficient (Wildman–Crippen LogP) is 4.34. The Morgan fingerprint density at radius 1 is 1.10 bits per heavy atom.